The maximum absolute atomic E-state index is 4.69. The smallest absolute Gasteiger partial charge is 0.193 e. The molecule has 0 radical (unpaired) electrons. The predicted octanol–water partition coefficient (Wildman–Crippen LogP) is 3.91. The van der Waals surface area contributed by atoms with Crippen molar-refractivity contribution in [2.75, 3.05) is 6.54 Å². The summed E-state index contributed by atoms with van der Waals surface area (Å²) in [5.74, 6) is 0. The standard InChI is InChI=1S/C15H19N3S2/c1-3-12-5-6-14(20-12)13(16-4-2)9-11-10-18-7-8-19-15(18)17-11/h5-8,10,13,16H,3-4,9H2,1-2H3. The fourth-order valence-corrected chi connectivity index (χ4v) is 4.12. The average molecular weight is 305 g/mol. The molecule has 0 saturated carbocycles. The van der Waals surface area contributed by atoms with Crippen molar-refractivity contribution in [1.29, 1.82) is 0 Å². The van der Waals surface area contributed by atoms with Crippen LogP contribution in [0.1, 0.15) is 35.3 Å². The summed E-state index contributed by atoms with van der Waals surface area (Å²) < 4.78 is 2.11. The zero-order valence-corrected chi connectivity index (χ0v) is 13.4. The van der Waals surface area contributed by atoms with E-state index >= 15 is 0 Å². The number of thiophene rings is 1. The number of nitrogens with one attached hydrogen (secondary N) is 1. The van der Waals surface area contributed by atoms with Gasteiger partial charge in [-0.05, 0) is 25.1 Å². The molecule has 0 spiro atoms. The molecule has 1 atom stereocenters. The van der Waals surface area contributed by atoms with Crippen LogP contribution in [0.25, 0.3) is 4.96 Å². The van der Waals surface area contributed by atoms with Gasteiger partial charge in [-0.3, -0.25) is 4.40 Å². The first-order chi connectivity index (χ1) is 9.80. The molecule has 3 heterocycles. The first-order valence-corrected chi connectivity index (χ1v) is 8.72. The monoisotopic (exact) mass is 305 g/mol. The van der Waals surface area contributed by atoms with Gasteiger partial charge in [0.1, 0.15) is 0 Å². The van der Waals surface area contributed by atoms with Crippen LogP contribution in [-0.2, 0) is 12.8 Å². The van der Waals surface area contributed by atoms with E-state index in [0.717, 1.165) is 30.0 Å². The molecule has 3 rings (SSSR count). The summed E-state index contributed by atoms with van der Waals surface area (Å²) >= 11 is 3.60. The third-order valence-electron chi connectivity index (χ3n) is 3.38. The number of imidazole rings is 1. The van der Waals surface area contributed by atoms with E-state index in [-0.39, 0.29) is 0 Å². The van der Waals surface area contributed by atoms with E-state index in [1.807, 2.05) is 11.3 Å². The summed E-state index contributed by atoms with van der Waals surface area (Å²) in [6.07, 6.45) is 6.28. The zero-order valence-electron chi connectivity index (χ0n) is 11.8. The van der Waals surface area contributed by atoms with E-state index in [1.54, 1.807) is 11.3 Å². The minimum Gasteiger partial charge on any atom is -0.309 e. The number of hydrogen-bond acceptors (Lipinski definition) is 4. The van der Waals surface area contributed by atoms with Crippen molar-refractivity contribution < 1.29 is 0 Å². The highest BCUT2D eigenvalue weighted by Gasteiger charge is 2.15. The molecule has 106 valence electrons. The van der Waals surface area contributed by atoms with Crippen LogP contribution in [0, 0.1) is 0 Å². The molecule has 3 aromatic heterocycles. The lowest BCUT2D eigenvalue weighted by atomic mass is 10.1. The summed E-state index contributed by atoms with van der Waals surface area (Å²) in [6, 6.07) is 4.88. The van der Waals surface area contributed by atoms with Gasteiger partial charge in [0.05, 0.1) is 5.69 Å². The van der Waals surface area contributed by atoms with Gasteiger partial charge in [0.15, 0.2) is 4.96 Å². The van der Waals surface area contributed by atoms with Crippen molar-refractivity contribution in [3.05, 3.63) is 45.4 Å². The zero-order chi connectivity index (χ0) is 13.9. The fourth-order valence-electron chi connectivity index (χ4n) is 2.38. The van der Waals surface area contributed by atoms with E-state index in [4.69, 9.17) is 4.98 Å². The molecule has 20 heavy (non-hydrogen) atoms. The number of rotatable bonds is 6. The average Bonchev–Trinajstić information content (AvgIpc) is 3.13. The Morgan fingerprint density at radius 3 is 2.95 bits per heavy atom. The number of hydrogen-bond donors (Lipinski definition) is 1. The summed E-state index contributed by atoms with van der Waals surface area (Å²) in [7, 11) is 0. The van der Waals surface area contributed by atoms with Crippen LogP contribution in [-0.4, -0.2) is 15.9 Å². The first-order valence-electron chi connectivity index (χ1n) is 7.03. The van der Waals surface area contributed by atoms with Gasteiger partial charge in [-0.15, -0.1) is 22.7 Å². The second-order valence-corrected chi connectivity index (χ2v) is 6.87. The number of nitrogens with zero attached hydrogens (tertiary/aromatic N) is 2. The van der Waals surface area contributed by atoms with Crippen LogP contribution in [0.3, 0.4) is 0 Å². The van der Waals surface area contributed by atoms with Crippen LogP contribution >= 0.6 is 22.7 Å². The molecule has 3 aromatic rings. The van der Waals surface area contributed by atoms with Crippen LogP contribution in [0.2, 0.25) is 0 Å². The number of fused-ring (bicyclic) bond motifs is 1. The van der Waals surface area contributed by atoms with Gasteiger partial charge in [-0.1, -0.05) is 13.8 Å². The summed E-state index contributed by atoms with van der Waals surface area (Å²) in [4.78, 5) is 8.64. The minimum atomic E-state index is 0.370. The maximum atomic E-state index is 4.69. The third kappa shape index (κ3) is 2.80. The Bertz CT molecular complexity index is 651. The summed E-state index contributed by atoms with van der Waals surface area (Å²) in [6.45, 7) is 5.35. The molecule has 0 aliphatic rings. The molecule has 3 nitrogen and oxygen atoms in total. The normalized spacial score (nSPS) is 13.1. The highest BCUT2D eigenvalue weighted by molar-refractivity contribution is 7.15. The number of aromatic nitrogens is 2. The largest absolute Gasteiger partial charge is 0.309 e. The van der Waals surface area contributed by atoms with Gasteiger partial charge in [0.2, 0.25) is 0 Å². The summed E-state index contributed by atoms with van der Waals surface area (Å²) in [5.41, 5.74) is 1.16. The Morgan fingerprint density at radius 1 is 1.35 bits per heavy atom. The van der Waals surface area contributed by atoms with Gasteiger partial charge in [-0.25, -0.2) is 4.98 Å². The quantitative estimate of drug-likeness (QED) is 0.748. The molecular formula is C15H19N3S2. The van der Waals surface area contributed by atoms with E-state index in [0.29, 0.717) is 6.04 Å². The Labute approximate surface area is 127 Å². The third-order valence-corrected chi connectivity index (χ3v) is 5.50. The molecular weight excluding hydrogens is 286 g/mol. The molecule has 0 amide bonds. The van der Waals surface area contributed by atoms with E-state index < -0.39 is 0 Å². The lowest BCUT2D eigenvalue weighted by Crippen LogP contribution is -2.22. The number of thiazole rings is 1. The minimum absolute atomic E-state index is 0.370. The van der Waals surface area contributed by atoms with Crippen molar-refractivity contribution in [3.63, 3.8) is 0 Å². The Kier molecular flexibility index (Phi) is 4.19. The maximum Gasteiger partial charge on any atom is 0.193 e. The predicted molar refractivity (Wildman–Crippen MR) is 86.9 cm³/mol. The lowest BCUT2D eigenvalue weighted by Gasteiger charge is -2.15. The van der Waals surface area contributed by atoms with Gasteiger partial charge in [-0.2, -0.15) is 0 Å². The Morgan fingerprint density at radius 2 is 2.25 bits per heavy atom. The molecule has 0 aliphatic carbocycles. The molecule has 1 unspecified atom stereocenters. The Hall–Kier alpha value is -1.17. The van der Waals surface area contributed by atoms with Crippen molar-refractivity contribution in [2.45, 2.75) is 32.7 Å². The van der Waals surface area contributed by atoms with E-state index in [1.165, 1.54) is 9.75 Å². The SMILES string of the molecule is CCNC(Cc1cn2ccsc2n1)c1ccc(CC)s1. The van der Waals surface area contributed by atoms with Crippen LogP contribution < -0.4 is 5.32 Å². The fraction of sp³-hybridized carbons (Fsp3) is 0.400. The molecule has 0 aromatic carbocycles. The van der Waals surface area contributed by atoms with Crippen molar-refractivity contribution in [1.82, 2.24) is 14.7 Å². The topological polar surface area (TPSA) is 29.3 Å². The lowest BCUT2D eigenvalue weighted by molar-refractivity contribution is 0.553. The number of likely N-dealkylation sites (N-methyl/N-ethyl adjacent to an activating group) is 1. The molecule has 0 saturated heterocycles. The Balaban J connectivity index is 1.81. The van der Waals surface area contributed by atoms with Crippen LogP contribution in [0.15, 0.2) is 29.9 Å². The van der Waals surface area contributed by atoms with Crippen molar-refractivity contribution >= 4 is 27.6 Å². The van der Waals surface area contributed by atoms with Gasteiger partial charge >= 0.3 is 0 Å². The molecule has 5 heteroatoms. The van der Waals surface area contributed by atoms with Crippen molar-refractivity contribution in [2.24, 2.45) is 0 Å². The molecule has 1 N–H and O–H groups in total. The molecule has 0 bridgehead atoms. The van der Waals surface area contributed by atoms with Gasteiger partial charge < -0.3 is 5.32 Å². The second kappa shape index (κ2) is 6.08. The highest BCUT2D eigenvalue weighted by atomic mass is 32.1. The van der Waals surface area contributed by atoms with Gasteiger partial charge in [0.25, 0.3) is 0 Å². The first kappa shape index (κ1) is 13.8. The highest BCUT2D eigenvalue weighted by Crippen LogP contribution is 2.26. The molecule has 0 fully saturated rings. The molecule has 0 aliphatic heterocycles. The van der Waals surface area contributed by atoms with Crippen LogP contribution in [0.4, 0.5) is 0 Å². The van der Waals surface area contributed by atoms with Crippen LogP contribution in [0.5, 0.6) is 0 Å². The number of aryl methyl sites for hydroxylation is 1. The van der Waals surface area contributed by atoms with E-state index in [2.05, 4.69) is 53.5 Å². The van der Waals surface area contributed by atoms with Crippen molar-refractivity contribution in [3.8, 4) is 0 Å². The van der Waals surface area contributed by atoms with E-state index in [9.17, 15) is 0 Å². The second-order valence-electron chi connectivity index (χ2n) is 4.80. The van der Waals surface area contributed by atoms with Gasteiger partial charge in [0, 0.05) is 40.0 Å². The summed E-state index contributed by atoms with van der Waals surface area (Å²) in [5, 5.41) is 5.66.